The molecule has 0 fully saturated rings. The van der Waals surface area contributed by atoms with Gasteiger partial charge in [0, 0.05) is 17.8 Å². The first kappa shape index (κ1) is 10.3. The highest BCUT2D eigenvalue weighted by molar-refractivity contribution is 7.09. The van der Waals surface area contributed by atoms with Crippen molar-refractivity contribution in [1.29, 1.82) is 0 Å². The molecule has 0 unspecified atom stereocenters. The Kier molecular flexibility index (Phi) is 2.79. The van der Waals surface area contributed by atoms with Crippen LogP contribution >= 0.6 is 11.3 Å². The summed E-state index contributed by atoms with van der Waals surface area (Å²) in [6.07, 6.45) is 0. The number of nitrogens with two attached hydrogens (primary N) is 1. The average Bonchev–Trinajstić information content (AvgIpc) is 2.86. The number of aromatic amines is 1. The van der Waals surface area contributed by atoms with Gasteiger partial charge in [0.05, 0.1) is 0 Å². The van der Waals surface area contributed by atoms with Crippen LogP contribution in [-0.4, -0.2) is 20.2 Å². The molecule has 0 radical (unpaired) electrons. The standard InChI is InChI=1S/C9H13N5S/c1-5(2)8-12-9(14-13-8)6-4-15-7(3-10)11-6/h4-5H,3,10H2,1-2H3,(H,12,13,14). The van der Waals surface area contributed by atoms with Crippen LogP contribution in [0.1, 0.15) is 30.6 Å². The van der Waals surface area contributed by atoms with Crippen LogP contribution in [0.5, 0.6) is 0 Å². The average molecular weight is 223 g/mol. The molecule has 0 aliphatic heterocycles. The van der Waals surface area contributed by atoms with E-state index in [-0.39, 0.29) is 0 Å². The number of nitrogens with one attached hydrogen (secondary N) is 1. The summed E-state index contributed by atoms with van der Waals surface area (Å²) in [7, 11) is 0. The molecule has 2 aromatic rings. The molecule has 15 heavy (non-hydrogen) atoms. The molecule has 0 saturated heterocycles. The maximum Gasteiger partial charge on any atom is 0.200 e. The minimum absolute atomic E-state index is 0.346. The van der Waals surface area contributed by atoms with Crippen LogP contribution in [-0.2, 0) is 6.54 Å². The van der Waals surface area contributed by atoms with Crippen molar-refractivity contribution in [2.24, 2.45) is 5.73 Å². The van der Waals surface area contributed by atoms with Crippen LogP contribution < -0.4 is 5.73 Å². The van der Waals surface area contributed by atoms with E-state index in [0.717, 1.165) is 16.5 Å². The smallest absolute Gasteiger partial charge is 0.200 e. The summed E-state index contributed by atoms with van der Waals surface area (Å²) >= 11 is 1.53. The molecule has 0 bridgehead atoms. The monoisotopic (exact) mass is 223 g/mol. The lowest BCUT2D eigenvalue weighted by atomic mass is 10.2. The van der Waals surface area contributed by atoms with E-state index in [1.807, 2.05) is 5.38 Å². The quantitative estimate of drug-likeness (QED) is 0.826. The first-order valence-corrected chi connectivity index (χ1v) is 5.65. The van der Waals surface area contributed by atoms with Crippen LogP contribution in [0.3, 0.4) is 0 Å². The van der Waals surface area contributed by atoms with E-state index in [0.29, 0.717) is 18.3 Å². The zero-order valence-corrected chi connectivity index (χ0v) is 9.51. The van der Waals surface area contributed by atoms with Crippen molar-refractivity contribution in [3.05, 3.63) is 16.2 Å². The van der Waals surface area contributed by atoms with Crippen molar-refractivity contribution >= 4 is 11.3 Å². The molecular formula is C9H13N5S. The third kappa shape index (κ3) is 2.05. The molecule has 6 heteroatoms. The summed E-state index contributed by atoms with van der Waals surface area (Å²) in [4.78, 5) is 8.68. The van der Waals surface area contributed by atoms with Gasteiger partial charge in [-0.15, -0.1) is 11.3 Å². The lowest BCUT2D eigenvalue weighted by Gasteiger charge is -1.94. The van der Waals surface area contributed by atoms with Gasteiger partial charge in [-0.25, -0.2) is 9.97 Å². The van der Waals surface area contributed by atoms with Gasteiger partial charge in [0.1, 0.15) is 16.5 Å². The minimum Gasteiger partial charge on any atom is -0.325 e. The summed E-state index contributed by atoms with van der Waals surface area (Å²) in [6.45, 7) is 4.60. The van der Waals surface area contributed by atoms with Crippen molar-refractivity contribution in [1.82, 2.24) is 20.2 Å². The number of nitrogens with zero attached hydrogens (tertiary/aromatic N) is 3. The fourth-order valence-corrected chi connectivity index (χ4v) is 1.81. The second kappa shape index (κ2) is 4.08. The van der Waals surface area contributed by atoms with E-state index >= 15 is 0 Å². The SMILES string of the molecule is CC(C)c1nc(-c2csc(CN)n2)n[nH]1. The zero-order valence-electron chi connectivity index (χ0n) is 8.69. The molecule has 0 aromatic carbocycles. The predicted molar refractivity (Wildman–Crippen MR) is 59.5 cm³/mol. The molecule has 5 nitrogen and oxygen atoms in total. The number of hydrogen-bond donors (Lipinski definition) is 2. The molecule has 2 aromatic heterocycles. The zero-order chi connectivity index (χ0) is 10.8. The van der Waals surface area contributed by atoms with E-state index in [1.165, 1.54) is 11.3 Å². The Bertz CT molecular complexity index is 445. The Morgan fingerprint density at radius 1 is 1.47 bits per heavy atom. The van der Waals surface area contributed by atoms with Crippen LogP contribution in [0.25, 0.3) is 11.5 Å². The van der Waals surface area contributed by atoms with Gasteiger partial charge >= 0.3 is 0 Å². The van der Waals surface area contributed by atoms with Gasteiger partial charge in [-0.2, -0.15) is 5.10 Å². The molecule has 0 spiro atoms. The van der Waals surface area contributed by atoms with Crippen LogP contribution in [0.15, 0.2) is 5.38 Å². The van der Waals surface area contributed by atoms with E-state index in [1.54, 1.807) is 0 Å². The molecule has 0 atom stereocenters. The van der Waals surface area contributed by atoms with Crippen LogP contribution in [0.4, 0.5) is 0 Å². The van der Waals surface area contributed by atoms with E-state index < -0.39 is 0 Å². The Balaban J connectivity index is 2.28. The van der Waals surface area contributed by atoms with E-state index in [2.05, 4.69) is 34.0 Å². The van der Waals surface area contributed by atoms with Gasteiger partial charge in [0.25, 0.3) is 0 Å². The van der Waals surface area contributed by atoms with Gasteiger partial charge in [0.2, 0.25) is 5.82 Å². The third-order valence-corrected chi connectivity index (χ3v) is 2.88. The Labute approximate surface area is 91.8 Å². The highest BCUT2D eigenvalue weighted by atomic mass is 32.1. The van der Waals surface area contributed by atoms with Crippen LogP contribution in [0.2, 0.25) is 0 Å². The van der Waals surface area contributed by atoms with Gasteiger partial charge in [-0.1, -0.05) is 13.8 Å². The van der Waals surface area contributed by atoms with Gasteiger partial charge < -0.3 is 5.73 Å². The number of thiazole rings is 1. The fraction of sp³-hybridized carbons (Fsp3) is 0.444. The second-order valence-corrected chi connectivity index (χ2v) is 4.47. The highest BCUT2D eigenvalue weighted by Gasteiger charge is 2.11. The Morgan fingerprint density at radius 2 is 2.27 bits per heavy atom. The summed E-state index contributed by atoms with van der Waals surface area (Å²) in [6, 6.07) is 0. The maximum absolute atomic E-state index is 5.49. The van der Waals surface area contributed by atoms with Crippen molar-refractivity contribution in [3.63, 3.8) is 0 Å². The van der Waals surface area contributed by atoms with E-state index in [4.69, 9.17) is 5.73 Å². The van der Waals surface area contributed by atoms with E-state index in [9.17, 15) is 0 Å². The van der Waals surface area contributed by atoms with Crippen molar-refractivity contribution in [2.45, 2.75) is 26.3 Å². The molecule has 0 aliphatic carbocycles. The van der Waals surface area contributed by atoms with Crippen molar-refractivity contribution in [2.75, 3.05) is 0 Å². The largest absolute Gasteiger partial charge is 0.325 e. The number of rotatable bonds is 3. The third-order valence-electron chi connectivity index (χ3n) is 2.01. The summed E-state index contributed by atoms with van der Waals surface area (Å²) in [5.74, 6) is 1.88. The summed E-state index contributed by atoms with van der Waals surface area (Å²) in [5.41, 5.74) is 6.29. The van der Waals surface area contributed by atoms with Gasteiger partial charge in [-0.05, 0) is 0 Å². The Hall–Kier alpha value is -1.27. The van der Waals surface area contributed by atoms with Gasteiger partial charge in [0.15, 0.2) is 0 Å². The lowest BCUT2D eigenvalue weighted by Crippen LogP contribution is -1.95. The number of H-pyrrole nitrogens is 1. The van der Waals surface area contributed by atoms with Crippen molar-refractivity contribution in [3.8, 4) is 11.5 Å². The highest BCUT2D eigenvalue weighted by Crippen LogP contribution is 2.19. The first-order chi connectivity index (χ1) is 7.20. The normalized spacial score (nSPS) is 11.2. The molecule has 0 saturated carbocycles. The molecule has 3 N–H and O–H groups in total. The van der Waals surface area contributed by atoms with Crippen LogP contribution in [0, 0.1) is 0 Å². The molecule has 0 amide bonds. The molecule has 0 aliphatic rings. The predicted octanol–water partition coefficient (Wildman–Crippen LogP) is 1.51. The second-order valence-electron chi connectivity index (χ2n) is 3.53. The fourth-order valence-electron chi connectivity index (χ4n) is 1.15. The molecule has 2 heterocycles. The maximum atomic E-state index is 5.49. The summed E-state index contributed by atoms with van der Waals surface area (Å²) < 4.78 is 0. The molecule has 80 valence electrons. The first-order valence-electron chi connectivity index (χ1n) is 4.78. The topological polar surface area (TPSA) is 80.5 Å². The lowest BCUT2D eigenvalue weighted by molar-refractivity contribution is 0.781. The minimum atomic E-state index is 0.346. The molecule has 2 rings (SSSR count). The number of hydrogen-bond acceptors (Lipinski definition) is 5. The number of aromatic nitrogens is 4. The van der Waals surface area contributed by atoms with Crippen molar-refractivity contribution < 1.29 is 0 Å². The Morgan fingerprint density at radius 3 is 2.80 bits per heavy atom. The summed E-state index contributed by atoms with van der Waals surface area (Å²) in [5, 5.41) is 9.86. The molecular weight excluding hydrogens is 210 g/mol. The van der Waals surface area contributed by atoms with Gasteiger partial charge in [-0.3, -0.25) is 5.10 Å².